The van der Waals surface area contributed by atoms with E-state index < -0.39 is 0 Å². The summed E-state index contributed by atoms with van der Waals surface area (Å²) in [6.45, 7) is 3.15. The first kappa shape index (κ1) is 17.3. The summed E-state index contributed by atoms with van der Waals surface area (Å²) in [6, 6.07) is 12.8. The van der Waals surface area contributed by atoms with Gasteiger partial charge in [0.25, 0.3) is 0 Å². The molecule has 25 heavy (non-hydrogen) atoms. The van der Waals surface area contributed by atoms with E-state index in [4.69, 9.17) is 20.4 Å². The van der Waals surface area contributed by atoms with Crippen LogP contribution in [0.1, 0.15) is 17.1 Å². The molecule has 1 amide bonds. The fourth-order valence-corrected chi connectivity index (χ4v) is 2.80. The summed E-state index contributed by atoms with van der Waals surface area (Å²) >= 11 is 5.96. The minimum atomic E-state index is -0.108. The fraction of sp³-hybridized carbons (Fsp3) is 0.211. The van der Waals surface area contributed by atoms with Gasteiger partial charge in [0.15, 0.2) is 0 Å². The van der Waals surface area contributed by atoms with E-state index in [1.54, 1.807) is 24.7 Å². The van der Waals surface area contributed by atoms with Gasteiger partial charge in [0.1, 0.15) is 11.5 Å². The van der Waals surface area contributed by atoms with Crippen molar-refractivity contribution in [3.8, 4) is 0 Å². The van der Waals surface area contributed by atoms with Crippen molar-refractivity contribution in [3.05, 3.63) is 77.1 Å². The van der Waals surface area contributed by atoms with Crippen LogP contribution in [-0.4, -0.2) is 17.4 Å². The van der Waals surface area contributed by atoms with Gasteiger partial charge in [-0.1, -0.05) is 11.6 Å². The maximum atomic E-state index is 12.5. The largest absolute Gasteiger partial charge is 0.468 e. The zero-order valence-corrected chi connectivity index (χ0v) is 14.6. The van der Waals surface area contributed by atoms with Crippen LogP contribution >= 0.6 is 11.6 Å². The van der Waals surface area contributed by atoms with E-state index >= 15 is 0 Å². The molecule has 0 unspecified atom stereocenters. The maximum absolute atomic E-state index is 12.5. The molecular formula is C19H19ClN2O3. The number of nitrogens with zero attached hydrogens (tertiary/aromatic N) is 1. The van der Waals surface area contributed by atoms with Crippen LogP contribution in [-0.2, 0) is 17.9 Å². The van der Waals surface area contributed by atoms with Crippen molar-refractivity contribution >= 4 is 23.2 Å². The molecule has 0 bridgehead atoms. The third-order valence-corrected chi connectivity index (χ3v) is 3.98. The summed E-state index contributed by atoms with van der Waals surface area (Å²) in [4.78, 5) is 14.4. The fourth-order valence-electron chi connectivity index (χ4n) is 2.57. The average Bonchev–Trinajstić information content (AvgIpc) is 3.24. The van der Waals surface area contributed by atoms with E-state index in [0.29, 0.717) is 18.1 Å². The van der Waals surface area contributed by atoms with Crippen molar-refractivity contribution in [3.63, 3.8) is 0 Å². The van der Waals surface area contributed by atoms with Crippen molar-refractivity contribution in [1.82, 2.24) is 4.90 Å². The molecule has 5 nitrogen and oxygen atoms in total. The Hall–Kier alpha value is -2.50. The molecular weight excluding hydrogens is 340 g/mol. The van der Waals surface area contributed by atoms with Gasteiger partial charge < -0.3 is 14.2 Å². The van der Waals surface area contributed by atoms with E-state index in [2.05, 4.69) is 5.32 Å². The van der Waals surface area contributed by atoms with Gasteiger partial charge in [0.05, 0.1) is 32.2 Å². The number of anilines is 1. The van der Waals surface area contributed by atoms with Crippen LogP contribution in [0.25, 0.3) is 0 Å². The van der Waals surface area contributed by atoms with Crippen LogP contribution in [0.5, 0.6) is 0 Å². The van der Waals surface area contributed by atoms with E-state index in [1.807, 2.05) is 42.2 Å². The third kappa shape index (κ3) is 4.98. The van der Waals surface area contributed by atoms with Crippen LogP contribution < -0.4 is 5.32 Å². The molecule has 0 saturated carbocycles. The zero-order chi connectivity index (χ0) is 17.6. The molecule has 0 fully saturated rings. The van der Waals surface area contributed by atoms with Crippen LogP contribution in [0.3, 0.4) is 0 Å². The smallest absolute Gasteiger partial charge is 0.238 e. The molecule has 0 radical (unpaired) electrons. The quantitative estimate of drug-likeness (QED) is 0.676. The Kier molecular flexibility index (Phi) is 5.58. The minimum absolute atomic E-state index is 0.108. The van der Waals surface area contributed by atoms with Gasteiger partial charge >= 0.3 is 0 Å². The number of nitrogens with one attached hydrogen (secondary N) is 1. The van der Waals surface area contributed by atoms with Gasteiger partial charge in [0.2, 0.25) is 5.91 Å². The normalized spacial score (nSPS) is 11.0. The van der Waals surface area contributed by atoms with Crippen molar-refractivity contribution in [2.45, 2.75) is 20.0 Å². The monoisotopic (exact) mass is 358 g/mol. The summed E-state index contributed by atoms with van der Waals surface area (Å²) in [7, 11) is 0. The van der Waals surface area contributed by atoms with Gasteiger partial charge in [-0.25, -0.2) is 0 Å². The summed E-state index contributed by atoms with van der Waals surface area (Å²) in [5, 5.41) is 3.57. The van der Waals surface area contributed by atoms with Crippen molar-refractivity contribution in [2.75, 3.05) is 11.9 Å². The molecule has 2 aromatic heterocycles. The standard InChI is InChI=1S/C19H19ClN2O3/c1-14-10-15(20)6-7-18(14)21-19(23)13-22(11-16-4-2-8-24-16)12-17-5-3-9-25-17/h2-10H,11-13H2,1H3,(H,21,23). The van der Waals surface area contributed by atoms with Gasteiger partial charge in [-0.05, 0) is 55.0 Å². The molecule has 0 spiro atoms. The van der Waals surface area contributed by atoms with E-state index in [0.717, 1.165) is 22.8 Å². The molecule has 6 heteroatoms. The average molecular weight is 359 g/mol. The molecule has 2 heterocycles. The third-order valence-electron chi connectivity index (χ3n) is 3.75. The van der Waals surface area contributed by atoms with Crippen LogP contribution in [0.4, 0.5) is 5.69 Å². The second-order valence-electron chi connectivity index (χ2n) is 5.81. The van der Waals surface area contributed by atoms with E-state index in [-0.39, 0.29) is 12.5 Å². The Balaban J connectivity index is 1.66. The summed E-state index contributed by atoms with van der Waals surface area (Å²) in [6.07, 6.45) is 3.25. The van der Waals surface area contributed by atoms with Crippen LogP contribution in [0, 0.1) is 6.92 Å². The first-order chi connectivity index (χ1) is 12.1. The maximum Gasteiger partial charge on any atom is 0.238 e. The molecule has 0 saturated heterocycles. The number of carbonyl (C=O) groups is 1. The molecule has 0 aliphatic heterocycles. The van der Waals surface area contributed by atoms with Crippen molar-refractivity contribution in [2.24, 2.45) is 0 Å². The molecule has 0 aliphatic rings. The lowest BCUT2D eigenvalue weighted by molar-refractivity contribution is -0.117. The lowest BCUT2D eigenvalue weighted by atomic mass is 10.2. The minimum Gasteiger partial charge on any atom is -0.468 e. The van der Waals surface area contributed by atoms with Crippen molar-refractivity contribution in [1.29, 1.82) is 0 Å². The van der Waals surface area contributed by atoms with Crippen LogP contribution in [0.2, 0.25) is 5.02 Å². The second-order valence-corrected chi connectivity index (χ2v) is 6.25. The van der Waals surface area contributed by atoms with E-state index in [1.165, 1.54) is 0 Å². The zero-order valence-electron chi connectivity index (χ0n) is 13.9. The topological polar surface area (TPSA) is 58.6 Å². The number of amides is 1. The molecule has 3 aromatic rings. The van der Waals surface area contributed by atoms with Gasteiger partial charge in [-0.15, -0.1) is 0 Å². The summed E-state index contributed by atoms with van der Waals surface area (Å²) in [5.74, 6) is 1.48. The Morgan fingerprint density at radius 3 is 2.24 bits per heavy atom. The number of rotatable bonds is 7. The first-order valence-electron chi connectivity index (χ1n) is 7.93. The Labute approximate surface area is 151 Å². The predicted molar refractivity (Wildman–Crippen MR) is 96.3 cm³/mol. The van der Waals surface area contributed by atoms with Crippen LogP contribution in [0.15, 0.2) is 63.8 Å². The number of hydrogen-bond acceptors (Lipinski definition) is 4. The number of aryl methyl sites for hydroxylation is 1. The number of benzene rings is 1. The Morgan fingerprint density at radius 1 is 1.08 bits per heavy atom. The number of hydrogen-bond donors (Lipinski definition) is 1. The molecule has 3 rings (SSSR count). The lowest BCUT2D eigenvalue weighted by Gasteiger charge is -2.20. The Bertz CT molecular complexity index is 777. The number of halogens is 1. The molecule has 0 atom stereocenters. The highest BCUT2D eigenvalue weighted by Gasteiger charge is 2.15. The molecule has 1 N–H and O–H groups in total. The highest BCUT2D eigenvalue weighted by atomic mass is 35.5. The van der Waals surface area contributed by atoms with Crippen molar-refractivity contribution < 1.29 is 13.6 Å². The molecule has 0 aliphatic carbocycles. The number of carbonyl (C=O) groups excluding carboxylic acids is 1. The van der Waals surface area contributed by atoms with Gasteiger partial charge in [-0.2, -0.15) is 0 Å². The number of furan rings is 2. The van der Waals surface area contributed by atoms with Gasteiger partial charge in [0, 0.05) is 10.7 Å². The summed E-state index contributed by atoms with van der Waals surface area (Å²) in [5.41, 5.74) is 1.68. The van der Waals surface area contributed by atoms with E-state index in [9.17, 15) is 4.79 Å². The highest BCUT2D eigenvalue weighted by molar-refractivity contribution is 6.30. The predicted octanol–water partition coefficient (Wildman–Crippen LogP) is 4.48. The SMILES string of the molecule is Cc1cc(Cl)ccc1NC(=O)CN(Cc1ccco1)Cc1ccco1. The van der Waals surface area contributed by atoms with Gasteiger partial charge in [-0.3, -0.25) is 9.69 Å². The summed E-state index contributed by atoms with van der Waals surface area (Å²) < 4.78 is 10.8. The first-order valence-corrected chi connectivity index (χ1v) is 8.31. The second kappa shape index (κ2) is 8.05. The highest BCUT2D eigenvalue weighted by Crippen LogP contribution is 2.20. The lowest BCUT2D eigenvalue weighted by Crippen LogP contribution is -2.32. The molecule has 130 valence electrons. The Morgan fingerprint density at radius 2 is 1.72 bits per heavy atom. The molecule has 1 aromatic carbocycles.